The summed E-state index contributed by atoms with van der Waals surface area (Å²) in [5, 5.41) is 0. The minimum absolute atomic E-state index is 0.103. The van der Waals surface area contributed by atoms with Crippen LogP contribution in [0.15, 0.2) is 53.5 Å². The first kappa shape index (κ1) is 26.6. The maximum absolute atomic E-state index is 12.0. The number of aromatic amines is 1. The number of hydrogen-bond acceptors (Lipinski definition) is 5. The molecule has 2 aromatic heterocycles. The lowest BCUT2D eigenvalue weighted by molar-refractivity contribution is -0.131. The standard InChI is InChI=1S/C15H21NO2.C13H16N4O2/c1-18-11-10-16-12-14(8-5-9-15(16)17)13-6-3-2-4-7-13;1-9(18)16-7-4-10(5-8-16)17-11-3-2-6-14-12(11)15-13(17)19/h2-4,6-7,14H,5,8-12H2,1H3;2-3,6,10H,4-5,7-8H2,1H3,(H,14,15,19)/t14-;/m1./s1. The van der Waals surface area contributed by atoms with Crippen LogP contribution in [0.2, 0.25) is 0 Å². The van der Waals surface area contributed by atoms with E-state index in [4.69, 9.17) is 4.74 Å². The zero-order chi connectivity index (χ0) is 26.2. The van der Waals surface area contributed by atoms with Crippen molar-refractivity contribution in [3.63, 3.8) is 0 Å². The highest BCUT2D eigenvalue weighted by Gasteiger charge is 2.25. The number of nitrogens with zero attached hydrogens (tertiary/aromatic N) is 4. The number of pyridine rings is 1. The van der Waals surface area contributed by atoms with Gasteiger partial charge < -0.3 is 14.5 Å². The molecule has 0 saturated carbocycles. The van der Waals surface area contributed by atoms with Gasteiger partial charge in [-0.15, -0.1) is 0 Å². The Morgan fingerprint density at radius 3 is 2.54 bits per heavy atom. The first-order chi connectivity index (χ1) is 18.0. The number of ether oxygens (including phenoxy) is 1. The first-order valence-corrected chi connectivity index (χ1v) is 13.1. The fraction of sp³-hybridized carbons (Fsp3) is 0.500. The third-order valence-electron chi connectivity index (χ3n) is 7.34. The average Bonchev–Trinajstić information content (AvgIpc) is 3.14. The van der Waals surface area contributed by atoms with Crippen LogP contribution in [0.25, 0.3) is 11.2 Å². The number of carbonyl (C=O) groups is 2. The molecule has 0 spiro atoms. The van der Waals surface area contributed by atoms with E-state index in [9.17, 15) is 14.4 Å². The van der Waals surface area contributed by atoms with E-state index in [1.807, 2.05) is 28.0 Å². The minimum Gasteiger partial charge on any atom is -0.383 e. The first-order valence-electron chi connectivity index (χ1n) is 13.1. The molecule has 1 aromatic carbocycles. The molecule has 9 nitrogen and oxygen atoms in total. The van der Waals surface area contributed by atoms with E-state index in [0.717, 1.165) is 37.7 Å². The number of benzene rings is 1. The van der Waals surface area contributed by atoms with E-state index in [2.05, 4.69) is 34.2 Å². The van der Waals surface area contributed by atoms with Crippen molar-refractivity contribution in [2.75, 3.05) is 39.9 Å². The summed E-state index contributed by atoms with van der Waals surface area (Å²) in [6.45, 7) is 5.15. The number of H-pyrrole nitrogens is 1. The number of fused-ring (bicyclic) bond motifs is 1. The van der Waals surface area contributed by atoms with E-state index in [1.165, 1.54) is 5.56 Å². The van der Waals surface area contributed by atoms with Crippen LogP contribution in [0.3, 0.4) is 0 Å². The lowest BCUT2D eigenvalue weighted by Gasteiger charge is -2.31. The molecule has 5 rings (SSSR count). The molecular formula is C28H37N5O4. The van der Waals surface area contributed by atoms with Crippen LogP contribution in [-0.2, 0) is 14.3 Å². The van der Waals surface area contributed by atoms with Crippen LogP contribution >= 0.6 is 0 Å². The van der Waals surface area contributed by atoms with Crippen molar-refractivity contribution in [3.8, 4) is 0 Å². The molecule has 0 aliphatic carbocycles. The normalized spacial score (nSPS) is 18.9. The van der Waals surface area contributed by atoms with Crippen LogP contribution < -0.4 is 5.69 Å². The average molecular weight is 508 g/mol. The molecule has 1 N–H and O–H groups in total. The summed E-state index contributed by atoms with van der Waals surface area (Å²) < 4.78 is 6.86. The third kappa shape index (κ3) is 6.65. The second-order valence-electron chi connectivity index (χ2n) is 9.74. The van der Waals surface area contributed by atoms with E-state index < -0.39 is 0 Å². The highest BCUT2D eigenvalue weighted by Crippen LogP contribution is 2.27. The lowest BCUT2D eigenvalue weighted by atomic mass is 9.94. The second kappa shape index (κ2) is 12.7. The van der Waals surface area contributed by atoms with Gasteiger partial charge in [0.1, 0.15) is 0 Å². The highest BCUT2D eigenvalue weighted by atomic mass is 16.5. The number of aromatic nitrogens is 3. The van der Waals surface area contributed by atoms with Crippen molar-refractivity contribution in [3.05, 3.63) is 64.7 Å². The predicted molar refractivity (Wildman–Crippen MR) is 142 cm³/mol. The maximum atomic E-state index is 12.0. The van der Waals surface area contributed by atoms with Crippen LogP contribution in [0.4, 0.5) is 0 Å². The van der Waals surface area contributed by atoms with Gasteiger partial charge in [-0.05, 0) is 43.4 Å². The van der Waals surface area contributed by atoms with Gasteiger partial charge in [0, 0.05) is 64.8 Å². The highest BCUT2D eigenvalue weighted by molar-refractivity contribution is 5.76. The van der Waals surface area contributed by atoms with Gasteiger partial charge in [0.05, 0.1) is 12.1 Å². The molecule has 0 radical (unpaired) electrons. The van der Waals surface area contributed by atoms with Gasteiger partial charge in [-0.25, -0.2) is 9.78 Å². The number of imidazole rings is 1. The molecule has 9 heteroatoms. The van der Waals surface area contributed by atoms with E-state index in [-0.39, 0.29) is 23.5 Å². The number of carbonyl (C=O) groups excluding carboxylic acids is 2. The topological polar surface area (TPSA) is 101 Å². The fourth-order valence-corrected chi connectivity index (χ4v) is 5.29. The molecule has 2 amide bonds. The van der Waals surface area contributed by atoms with E-state index in [0.29, 0.717) is 44.2 Å². The fourth-order valence-electron chi connectivity index (χ4n) is 5.29. The summed E-state index contributed by atoms with van der Waals surface area (Å²) >= 11 is 0. The van der Waals surface area contributed by atoms with Crippen molar-refractivity contribution in [2.45, 2.75) is 51.0 Å². The van der Waals surface area contributed by atoms with Gasteiger partial charge in [-0.1, -0.05) is 30.3 Å². The number of piperidine rings is 1. The Morgan fingerprint density at radius 2 is 1.84 bits per heavy atom. The summed E-state index contributed by atoms with van der Waals surface area (Å²) in [7, 11) is 1.68. The number of methoxy groups -OCH3 is 1. The van der Waals surface area contributed by atoms with Crippen molar-refractivity contribution < 1.29 is 14.3 Å². The summed E-state index contributed by atoms with van der Waals surface area (Å²) in [6.07, 6.45) is 6.04. The van der Waals surface area contributed by atoms with Crippen LogP contribution in [0.1, 0.15) is 56.6 Å². The molecule has 2 aliphatic rings. The molecule has 4 heterocycles. The Balaban J connectivity index is 0.000000173. The number of amides is 2. The Kier molecular flexibility index (Phi) is 9.11. The number of rotatable bonds is 5. The Hall–Kier alpha value is -3.46. The van der Waals surface area contributed by atoms with Crippen molar-refractivity contribution in [2.24, 2.45) is 0 Å². The molecule has 0 bridgehead atoms. The molecular weight excluding hydrogens is 470 g/mol. The van der Waals surface area contributed by atoms with Gasteiger partial charge in [0.25, 0.3) is 0 Å². The van der Waals surface area contributed by atoms with Crippen molar-refractivity contribution in [1.82, 2.24) is 24.3 Å². The SMILES string of the molecule is CC(=O)N1CCC(n2c(=O)[nH]c3ncccc32)CC1.COCCN1C[C@H](c2ccccc2)CCCC1=O. The van der Waals surface area contributed by atoms with Gasteiger partial charge >= 0.3 is 5.69 Å². The minimum atomic E-state index is -0.116. The largest absolute Gasteiger partial charge is 0.383 e. The zero-order valence-corrected chi connectivity index (χ0v) is 21.8. The van der Waals surface area contributed by atoms with Gasteiger partial charge in [-0.3, -0.25) is 19.1 Å². The molecule has 37 heavy (non-hydrogen) atoms. The van der Waals surface area contributed by atoms with E-state index >= 15 is 0 Å². The van der Waals surface area contributed by atoms with Crippen molar-refractivity contribution in [1.29, 1.82) is 0 Å². The third-order valence-corrected chi connectivity index (χ3v) is 7.34. The van der Waals surface area contributed by atoms with Gasteiger partial charge in [0.2, 0.25) is 11.8 Å². The molecule has 2 saturated heterocycles. The Bertz CT molecular complexity index is 1230. The van der Waals surface area contributed by atoms with Crippen LogP contribution in [0, 0.1) is 0 Å². The Labute approximate surface area is 217 Å². The molecule has 198 valence electrons. The predicted octanol–water partition coefficient (Wildman–Crippen LogP) is 3.34. The number of likely N-dealkylation sites (tertiary alicyclic amines) is 2. The summed E-state index contributed by atoms with van der Waals surface area (Å²) in [5.74, 6) is 0.839. The number of hydrogen-bond donors (Lipinski definition) is 1. The smallest absolute Gasteiger partial charge is 0.327 e. The maximum Gasteiger partial charge on any atom is 0.327 e. The van der Waals surface area contributed by atoms with Crippen LogP contribution in [0.5, 0.6) is 0 Å². The molecule has 1 atom stereocenters. The van der Waals surface area contributed by atoms with E-state index in [1.54, 1.807) is 24.8 Å². The van der Waals surface area contributed by atoms with Gasteiger partial charge in [-0.2, -0.15) is 0 Å². The van der Waals surface area contributed by atoms with Crippen LogP contribution in [-0.4, -0.2) is 76.0 Å². The second-order valence-corrected chi connectivity index (χ2v) is 9.74. The summed E-state index contributed by atoms with van der Waals surface area (Å²) in [4.78, 5) is 46.0. The van der Waals surface area contributed by atoms with Crippen molar-refractivity contribution >= 4 is 23.0 Å². The molecule has 2 fully saturated rings. The lowest BCUT2D eigenvalue weighted by Crippen LogP contribution is -2.39. The monoisotopic (exact) mass is 507 g/mol. The molecule has 3 aromatic rings. The van der Waals surface area contributed by atoms with Gasteiger partial charge in [0.15, 0.2) is 5.65 Å². The summed E-state index contributed by atoms with van der Waals surface area (Å²) in [5.41, 5.74) is 2.69. The zero-order valence-electron chi connectivity index (χ0n) is 21.8. The number of nitrogens with one attached hydrogen (secondary N) is 1. The quantitative estimate of drug-likeness (QED) is 0.571. The summed E-state index contributed by atoms with van der Waals surface area (Å²) in [6, 6.07) is 14.4. The Morgan fingerprint density at radius 1 is 1.08 bits per heavy atom. The molecule has 2 aliphatic heterocycles. The molecule has 0 unspecified atom stereocenters.